The monoisotopic (exact) mass is 311 g/mol. The van der Waals surface area contributed by atoms with E-state index in [9.17, 15) is 9.59 Å². The van der Waals surface area contributed by atoms with Crippen LogP contribution in [0.1, 0.15) is 16.1 Å². The van der Waals surface area contributed by atoms with Crippen LogP contribution in [0.5, 0.6) is 0 Å². The summed E-state index contributed by atoms with van der Waals surface area (Å²) in [5, 5.41) is 3.66. The lowest BCUT2D eigenvalue weighted by atomic mass is 10.0. The molecule has 2 aliphatic rings. The van der Waals surface area contributed by atoms with Gasteiger partial charge in [-0.25, -0.2) is 0 Å². The Balaban J connectivity index is 1.50. The molecule has 3 heterocycles. The van der Waals surface area contributed by atoms with Crippen LogP contribution in [0.3, 0.4) is 0 Å². The molecular weight excluding hydrogens is 294 g/mol. The third kappa shape index (κ3) is 2.21. The van der Waals surface area contributed by atoms with Crippen LogP contribution in [-0.2, 0) is 4.79 Å². The summed E-state index contributed by atoms with van der Waals surface area (Å²) in [7, 11) is 0. The molecule has 2 atom stereocenters. The van der Waals surface area contributed by atoms with Crippen molar-refractivity contribution in [2.24, 2.45) is 11.8 Å². The molecule has 1 aromatic carbocycles. The lowest BCUT2D eigenvalue weighted by Gasteiger charge is -2.21. The normalized spacial score (nSPS) is 23.4. The van der Waals surface area contributed by atoms with Crippen molar-refractivity contribution in [1.82, 2.24) is 10.1 Å². The van der Waals surface area contributed by atoms with E-state index in [4.69, 9.17) is 4.52 Å². The molecule has 0 aliphatic carbocycles. The molecule has 118 valence electrons. The van der Waals surface area contributed by atoms with Crippen LogP contribution in [0.4, 0.5) is 5.69 Å². The van der Waals surface area contributed by atoms with E-state index >= 15 is 0 Å². The molecule has 2 aliphatic heterocycles. The first-order valence-corrected chi connectivity index (χ1v) is 7.72. The van der Waals surface area contributed by atoms with E-state index < -0.39 is 0 Å². The second-order valence-electron chi connectivity index (χ2n) is 6.16. The summed E-state index contributed by atoms with van der Waals surface area (Å²) >= 11 is 0. The molecule has 2 saturated heterocycles. The number of hydrogen-bond donors (Lipinski definition) is 0. The molecule has 0 unspecified atom stereocenters. The smallest absolute Gasteiger partial charge is 0.259 e. The Morgan fingerprint density at radius 3 is 2.65 bits per heavy atom. The molecule has 2 fully saturated rings. The maximum absolute atomic E-state index is 12.7. The number of anilines is 1. The number of carbonyl (C=O) groups is 2. The fraction of sp³-hybridized carbons (Fsp3) is 0.353. The number of para-hydroxylation sites is 1. The van der Waals surface area contributed by atoms with Crippen molar-refractivity contribution in [3.05, 3.63) is 47.9 Å². The van der Waals surface area contributed by atoms with Crippen molar-refractivity contribution in [3.8, 4) is 0 Å². The molecule has 0 radical (unpaired) electrons. The highest BCUT2D eigenvalue weighted by molar-refractivity contribution is 6.00. The fourth-order valence-electron chi connectivity index (χ4n) is 3.54. The van der Waals surface area contributed by atoms with Crippen LogP contribution < -0.4 is 4.90 Å². The zero-order valence-electron chi connectivity index (χ0n) is 12.8. The predicted molar refractivity (Wildman–Crippen MR) is 82.9 cm³/mol. The van der Waals surface area contributed by atoms with E-state index in [-0.39, 0.29) is 23.7 Å². The summed E-state index contributed by atoms with van der Waals surface area (Å²) < 4.78 is 4.96. The number of aryl methyl sites for hydroxylation is 1. The highest BCUT2D eigenvalue weighted by Crippen LogP contribution is 2.35. The maximum atomic E-state index is 12.7. The third-order valence-electron chi connectivity index (χ3n) is 4.78. The van der Waals surface area contributed by atoms with Crippen molar-refractivity contribution in [2.75, 3.05) is 24.5 Å². The Bertz CT molecular complexity index is 755. The Kier molecular flexibility index (Phi) is 3.18. The van der Waals surface area contributed by atoms with E-state index in [2.05, 4.69) is 5.16 Å². The Labute approximate surface area is 133 Å². The van der Waals surface area contributed by atoms with Gasteiger partial charge in [-0.15, -0.1) is 0 Å². The molecule has 0 N–H and O–H groups in total. The van der Waals surface area contributed by atoms with Gasteiger partial charge in [0.2, 0.25) is 5.91 Å². The lowest BCUT2D eigenvalue weighted by Crippen LogP contribution is -2.35. The number of aromatic nitrogens is 1. The van der Waals surface area contributed by atoms with Crippen LogP contribution in [-0.4, -0.2) is 41.5 Å². The number of amides is 2. The summed E-state index contributed by atoms with van der Waals surface area (Å²) in [6.45, 7) is 3.46. The highest BCUT2D eigenvalue weighted by Gasteiger charge is 2.48. The van der Waals surface area contributed by atoms with Gasteiger partial charge in [-0.2, -0.15) is 0 Å². The van der Waals surface area contributed by atoms with E-state index in [0.717, 1.165) is 5.69 Å². The minimum absolute atomic E-state index is 0.0998. The van der Waals surface area contributed by atoms with Crippen LogP contribution in [0.15, 0.2) is 41.1 Å². The van der Waals surface area contributed by atoms with Gasteiger partial charge in [0.1, 0.15) is 11.3 Å². The number of fused-ring (bicyclic) bond motifs is 1. The molecule has 0 saturated carbocycles. The van der Waals surface area contributed by atoms with Gasteiger partial charge in [0.15, 0.2) is 0 Å². The fourth-order valence-corrected chi connectivity index (χ4v) is 3.54. The van der Waals surface area contributed by atoms with Gasteiger partial charge in [0.25, 0.3) is 5.91 Å². The first-order valence-electron chi connectivity index (χ1n) is 7.72. The van der Waals surface area contributed by atoms with Gasteiger partial charge in [-0.1, -0.05) is 23.4 Å². The van der Waals surface area contributed by atoms with E-state index in [0.29, 0.717) is 31.0 Å². The topological polar surface area (TPSA) is 66.7 Å². The van der Waals surface area contributed by atoms with Crippen molar-refractivity contribution in [3.63, 3.8) is 0 Å². The summed E-state index contributed by atoms with van der Waals surface area (Å²) in [6, 6.07) is 9.69. The molecule has 0 bridgehead atoms. The van der Waals surface area contributed by atoms with E-state index in [1.807, 2.05) is 35.2 Å². The first kappa shape index (κ1) is 14.0. The predicted octanol–water partition coefficient (Wildman–Crippen LogP) is 1.72. The first-order chi connectivity index (χ1) is 11.1. The SMILES string of the molecule is Cc1oncc1C(=O)N1C[C@H]2CN(c3ccccc3)C(=O)[C@H]2C1. The molecule has 4 rings (SSSR count). The van der Waals surface area contributed by atoms with Crippen molar-refractivity contribution < 1.29 is 14.1 Å². The van der Waals surface area contributed by atoms with Gasteiger partial charge in [0, 0.05) is 31.2 Å². The van der Waals surface area contributed by atoms with Gasteiger partial charge in [-0.3, -0.25) is 9.59 Å². The lowest BCUT2D eigenvalue weighted by molar-refractivity contribution is -0.120. The molecule has 1 aromatic heterocycles. The molecule has 2 amide bonds. The molecule has 6 heteroatoms. The largest absolute Gasteiger partial charge is 0.361 e. The van der Waals surface area contributed by atoms with Crippen molar-refractivity contribution in [2.45, 2.75) is 6.92 Å². The number of benzene rings is 1. The molecule has 23 heavy (non-hydrogen) atoms. The zero-order valence-corrected chi connectivity index (χ0v) is 12.8. The number of hydrogen-bond acceptors (Lipinski definition) is 4. The van der Waals surface area contributed by atoms with Crippen LogP contribution in [0.25, 0.3) is 0 Å². The second-order valence-corrected chi connectivity index (χ2v) is 6.16. The van der Waals surface area contributed by atoms with Crippen molar-refractivity contribution >= 4 is 17.5 Å². The van der Waals surface area contributed by atoms with Crippen LogP contribution in [0, 0.1) is 18.8 Å². The van der Waals surface area contributed by atoms with Crippen LogP contribution >= 0.6 is 0 Å². The van der Waals surface area contributed by atoms with Gasteiger partial charge >= 0.3 is 0 Å². The average molecular weight is 311 g/mol. The number of nitrogens with zero attached hydrogens (tertiary/aromatic N) is 3. The van der Waals surface area contributed by atoms with E-state index in [1.54, 1.807) is 11.8 Å². The Hall–Kier alpha value is -2.63. The molecular formula is C17H17N3O3. The summed E-state index contributed by atoms with van der Waals surface area (Å²) in [6.07, 6.45) is 1.45. The second kappa shape index (κ2) is 5.22. The molecule has 0 spiro atoms. The van der Waals surface area contributed by atoms with E-state index in [1.165, 1.54) is 6.20 Å². The molecule has 6 nitrogen and oxygen atoms in total. The quantitative estimate of drug-likeness (QED) is 0.847. The average Bonchev–Trinajstić information content (AvgIpc) is 3.24. The minimum Gasteiger partial charge on any atom is -0.361 e. The zero-order chi connectivity index (χ0) is 16.0. The van der Waals surface area contributed by atoms with Gasteiger partial charge in [-0.05, 0) is 19.1 Å². The number of likely N-dealkylation sites (tertiary alicyclic amines) is 1. The van der Waals surface area contributed by atoms with Gasteiger partial charge in [0.05, 0.1) is 12.1 Å². The van der Waals surface area contributed by atoms with Crippen molar-refractivity contribution in [1.29, 1.82) is 0 Å². The Morgan fingerprint density at radius 2 is 2.00 bits per heavy atom. The summed E-state index contributed by atoms with van der Waals surface area (Å²) in [5.41, 5.74) is 1.41. The maximum Gasteiger partial charge on any atom is 0.259 e. The third-order valence-corrected chi connectivity index (χ3v) is 4.78. The summed E-state index contributed by atoms with van der Waals surface area (Å²) in [5.74, 6) is 0.603. The van der Waals surface area contributed by atoms with Gasteiger partial charge < -0.3 is 14.3 Å². The highest BCUT2D eigenvalue weighted by atomic mass is 16.5. The molecule has 2 aromatic rings. The Morgan fingerprint density at radius 1 is 1.22 bits per heavy atom. The number of rotatable bonds is 2. The minimum atomic E-state index is -0.112. The standard InChI is InChI=1S/C17H17N3O3/c1-11-14(7-18-23-11)16(21)19-8-12-9-20(17(22)15(12)10-19)13-5-3-2-4-6-13/h2-7,12,15H,8-10H2,1H3/t12-,15-/m0/s1. The number of carbonyl (C=O) groups excluding carboxylic acids is 2. The summed E-state index contributed by atoms with van der Waals surface area (Å²) in [4.78, 5) is 28.8. The van der Waals surface area contributed by atoms with Crippen LogP contribution in [0.2, 0.25) is 0 Å².